The molecule has 0 radical (unpaired) electrons. The van der Waals surface area contributed by atoms with Gasteiger partial charge in [-0.15, -0.1) is 0 Å². The molecule has 1 saturated heterocycles. The predicted octanol–water partition coefficient (Wildman–Crippen LogP) is 3.83. The van der Waals surface area contributed by atoms with E-state index in [0.29, 0.717) is 30.0 Å². The van der Waals surface area contributed by atoms with E-state index < -0.39 is 10.0 Å². The summed E-state index contributed by atoms with van der Waals surface area (Å²) in [5.41, 5.74) is 2.48. The number of nitrogens with one attached hydrogen (secondary N) is 1. The molecule has 1 atom stereocenters. The molecule has 0 aliphatic carbocycles. The Kier molecular flexibility index (Phi) is 6.19. The summed E-state index contributed by atoms with van der Waals surface area (Å²) in [6, 6.07) is 14.4. The van der Waals surface area contributed by atoms with Crippen molar-refractivity contribution in [2.75, 3.05) is 18.4 Å². The molecule has 7 heteroatoms. The van der Waals surface area contributed by atoms with Crippen LogP contribution >= 0.6 is 11.6 Å². The van der Waals surface area contributed by atoms with E-state index in [1.807, 2.05) is 31.2 Å². The van der Waals surface area contributed by atoms with E-state index in [9.17, 15) is 13.2 Å². The van der Waals surface area contributed by atoms with Crippen LogP contribution in [0.1, 0.15) is 24.0 Å². The minimum absolute atomic E-state index is 0.0869. The normalized spacial score (nSPS) is 18.2. The molecule has 27 heavy (non-hydrogen) atoms. The Morgan fingerprint density at radius 1 is 1.22 bits per heavy atom. The van der Waals surface area contributed by atoms with E-state index in [4.69, 9.17) is 11.6 Å². The highest BCUT2D eigenvalue weighted by Crippen LogP contribution is 2.23. The Bertz CT molecular complexity index is 913. The zero-order chi connectivity index (χ0) is 19.4. The molecule has 1 aliphatic heterocycles. The van der Waals surface area contributed by atoms with Crippen LogP contribution in [0.5, 0.6) is 0 Å². The first-order valence-corrected chi connectivity index (χ1v) is 10.9. The average Bonchev–Trinajstić information content (AvgIpc) is 2.63. The number of piperidine rings is 1. The van der Waals surface area contributed by atoms with Crippen molar-refractivity contribution in [3.05, 3.63) is 64.7 Å². The highest BCUT2D eigenvalue weighted by molar-refractivity contribution is 7.88. The molecule has 144 valence electrons. The highest BCUT2D eigenvalue weighted by atomic mass is 35.5. The molecule has 0 bridgehead atoms. The van der Waals surface area contributed by atoms with E-state index in [1.54, 1.807) is 24.3 Å². The van der Waals surface area contributed by atoms with E-state index in [1.165, 1.54) is 4.31 Å². The molecular formula is C20H23ClN2O3S. The molecule has 1 heterocycles. The summed E-state index contributed by atoms with van der Waals surface area (Å²) in [5, 5.41) is 3.48. The van der Waals surface area contributed by atoms with Crippen LogP contribution in [0.25, 0.3) is 0 Å². The fourth-order valence-corrected chi connectivity index (χ4v) is 5.00. The Hall–Kier alpha value is -1.89. The molecule has 2 aromatic rings. The Balaban J connectivity index is 1.65. The first-order valence-electron chi connectivity index (χ1n) is 8.93. The van der Waals surface area contributed by atoms with E-state index in [2.05, 4.69) is 5.32 Å². The molecule has 3 rings (SSSR count). The second kappa shape index (κ2) is 8.42. The maximum absolute atomic E-state index is 12.8. The zero-order valence-electron chi connectivity index (χ0n) is 15.2. The van der Waals surface area contributed by atoms with Crippen LogP contribution in [0.3, 0.4) is 0 Å². The topological polar surface area (TPSA) is 66.5 Å². The Labute approximate surface area is 165 Å². The number of carbonyl (C=O) groups excluding carboxylic acids is 1. The van der Waals surface area contributed by atoms with Gasteiger partial charge < -0.3 is 5.32 Å². The number of hydrogen-bond donors (Lipinski definition) is 1. The van der Waals surface area contributed by atoms with Crippen molar-refractivity contribution in [1.29, 1.82) is 0 Å². The third kappa shape index (κ3) is 5.31. The van der Waals surface area contributed by atoms with E-state index in [-0.39, 0.29) is 24.1 Å². The molecule has 1 amide bonds. The summed E-state index contributed by atoms with van der Waals surface area (Å²) < 4.78 is 27.0. The molecular weight excluding hydrogens is 384 g/mol. The quantitative estimate of drug-likeness (QED) is 0.820. The molecule has 1 N–H and O–H groups in total. The first-order chi connectivity index (χ1) is 12.8. The summed E-state index contributed by atoms with van der Waals surface area (Å²) in [6.45, 7) is 2.62. The highest BCUT2D eigenvalue weighted by Gasteiger charge is 2.32. The maximum atomic E-state index is 12.8. The number of rotatable bonds is 5. The third-order valence-electron chi connectivity index (χ3n) is 4.70. The lowest BCUT2D eigenvalue weighted by Gasteiger charge is -2.31. The van der Waals surface area contributed by atoms with Crippen molar-refractivity contribution < 1.29 is 13.2 Å². The van der Waals surface area contributed by atoms with E-state index >= 15 is 0 Å². The average molecular weight is 407 g/mol. The minimum atomic E-state index is -3.48. The molecule has 1 aliphatic rings. The lowest BCUT2D eigenvalue weighted by Crippen LogP contribution is -2.44. The second-order valence-electron chi connectivity index (χ2n) is 6.94. The van der Waals surface area contributed by atoms with Crippen molar-refractivity contribution in [2.45, 2.75) is 25.5 Å². The van der Waals surface area contributed by atoms with Gasteiger partial charge >= 0.3 is 0 Å². The van der Waals surface area contributed by atoms with Gasteiger partial charge in [-0.3, -0.25) is 4.79 Å². The number of amides is 1. The standard InChI is InChI=1S/C20H23ClN2O3S/c1-15-4-2-6-19(12-15)22-20(24)17-5-3-11-23(13-17)27(25,26)14-16-7-9-18(21)10-8-16/h2,4,6-10,12,17H,3,5,11,13-14H2,1H3,(H,22,24). The lowest BCUT2D eigenvalue weighted by atomic mass is 9.98. The largest absolute Gasteiger partial charge is 0.326 e. The van der Waals surface area contributed by atoms with Crippen LogP contribution in [0.15, 0.2) is 48.5 Å². The number of sulfonamides is 1. The van der Waals surface area contributed by atoms with Crippen molar-refractivity contribution in [2.24, 2.45) is 5.92 Å². The summed E-state index contributed by atoms with van der Waals surface area (Å²) in [5.74, 6) is -0.567. The number of nitrogens with zero attached hydrogens (tertiary/aromatic N) is 1. The molecule has 1 fully saturated rings. The number of benzene rings is 2. The second-order valence-corrected chi connectivity index (χ2v) is 9.34. The third-order valence-corrected chi connectivity index (χ3v) is 6.76. The van der Waals surface area contributed by atoms with Crippen molar-refractivity contribution in [1.82, 2.24) is 4.31 Å². The van der Waals surface area contributed by atoms with Gasteiger partial charge in [-0.1, -0.05) is 35.9 Å². The van der Waals surface area contributed by atoms with Crippen LogP contribution in [0, 0.1) is 12.8 Å². The molecule has 0 aromatic heterocycles. The van der Waals surface area contributed by atoms with Gasteiger partial charge in [-0.05, 0) is 55.2 Å². The molecule has 2 aromatic carbocycles. The summed E-state index contributed by atoms with van der Waals surface area (Å²) >= 11 is 5.86. The smallest absolute Gasteiger partial charge is 0.228 e. The fraction of sp³-hybridized carbons (Fsp3) is 0.350. The Morgan fingerprint density at radius 3 is 2.67 bits per heavy atom. The number of aryl methyl sites for hydroxylation is 1. The SMILES string of the molecule is Cc1cccc(NC(=O)C2CCCN(S(=O)(=O)Cc3ccc(Cl)cc3)C2)c1. The Morgan fingerprint density at radius 2 is 1.96 bits per heavy atom. The van der Waals surface area contributed by atoms with Crippen molar-refractivity contribution in [3.63, 3.8) is 0 Å². The summed E-state index contributed by atoms with van der Waals surface area (Å²) in [4.78, 5) is 12.6. The van der Waals surface area contributed by atoms with Gasteiger partial charge in [0, 0.05) is 23.8 Å². The molecule has 1 unspecified atom stereocenters. The van der Waals surface area contributed by atoms with Gasteiger partial charge in [0.15, 0.2) is 0 Å². The van der Waals surface area contributed by atoms with Gasteiger partial charge in [0.2, 0.25) is 15.9 Å². The predicted molar refractivity (Wildman–Crippen MR) is 108 cm³/mol. The van der Waals surface area contributed by atoms with Gasteiger partial charge in [0.25, 0.3) is 0 Å². The molecule has 5 nitrogen and oxygen atoms in total. The van der Waals surface area contributed by atoms with Crippen LogP contribution in [-0.4, -0.2) is 31.7 Å². The van der Waals surface area contributed by atoms with Gasteiger partial charge in [-0.25, -0.2) is 12.7 Å². The summed E-state index contributed by atoms with van der Waals surface area (Å²) in [7, 11) is -3.48. The van der Waals surface area contributed by atoms with Crippen LogP contribution < -0.4 is 5.32 Å². The van der Waals surface area contributed by atoms with Crippen molar-refractivity contribution in [3.8, 4) is 0 Å². The monoisotopic (exact) mass is 406 g/mol. The molecule has 0 spiro atoms. The maximum Gasteiger partial charge on any atom is 0.228 e. The number of anilines is 1. The number of carbonyl (C=O) groups is 1. The molecule has 0 saturated carbocycles. The fourth-order valence-electron chi connectivity index (χ4n) is 3.26. The van der Waals surface area contributed by atoms with Gasteiger partial charge in [0.05, 0.1) is 11.7 Å². The van der Waals surface area contributed by atoms with Gasteiger partial charge in [0.1, 0.15) is 0 Å². The van der Waals surface area contributed by atoms with Crippen LogP contribution in [-0.2, 0) is 20.6 Å². The van der Waals surface area contributed by atoms with Crippen molar-refractivity contribution >= 4 is 33.2 Å². The van der Waals surface area contributed by atoms with E-state index in [0.717, 1.165) is 11.3 Å². The lowest BCUT2D eigenvalue weighted by molar-refractivity contribution is -0.120. The number of halogens is 1. The zero-order valence-corrected chi connectivity index (χ0v) is 16.8. The van der Waals surface area contributed by atoms with Crippen LogP contribution in [0.4, 0.5) is 5.69 Å². The number of hydrogen-bond acceptors (Lipinski definition) is 3. The van der Waals surface area contributed by atoms with Gasteiger partial charge in [-0.2, -0.15) is 0 Å². The minimum Gasteiger partial charge on any atom is -0.326 e. The van der Waals surface area contributed by atoms with Crippen LogP contribution in [0.2, 0.25) is 5.02 Å². The summed E-state index contributed by atoms with van der Waals surface area (Å²) in [6.07, 6.45) is 1.36. The first kappa shape index (κ1) is 19.9.